The summed E-state index contributed by atoms with van der Waals surface area (Å²) in [6.07, 6.45) is 2.07. The van der Waals surface area contributed by atoms with Gasteiger partial charge in [-0.1, -0.05) is 6.07 Å². The van der Waals surface area contributed by atoms with E-state index in [0.717, 1.165) is 12.8 Å². The molecule has 0 aromatic heterocycles. The highest BCUT2D eigenvalue weighted by molar-refractivity contribution is 9.10. The maximum absolute atomic E-state index is 13.7. The fourth-order valence-corrected chi connectivity index (χ4v) is 3.33. The Morgan fingerprint density at radius 3 is 2.78 bits per heavy atom. The zero-order valence-corrected chi connectivity index (χ0v) is 12.0. The molecule has 1 saturated carbocycles. The summed E-state index contributed by atoms with van der Waals surface area (Å²) in [7, 11) is -3.85. The average Bonchev–Trinajstić information content (AvgIpc) is 3.13. The normalized spacial score (nSPS) is 17.7. The molecule has 0 bridgehead atoms. The third-order valence-corrected chi connectivity index (χ3v) is 5.00. The van der Waals surface area contributed by atoms with Crippen molar-refractivity contribution < 1.29 is 12.8 Å². The molecule has 0 amide bonds. The van der Waals surface area contributed by atoms with E-state index >= 15 is 0 Å². The molecule has 4 nitrogen and oxygen atoms in total. The van der Waals surface area contributed by atoms with E-state index in [0.29, 0.717) is 5.92 Å². The highest BCUT2D eigenvalue weighted by Crippen LogP contribution is 2.31. The Balaban J connectivity index is 2.12. The van der Waals surface area contributed by atoms with Crippen LogP contribution in [-0.4, -0.2) is 21.0 Å². The number of nitrogens with one attached hydrogen (secondary N) is 1. The number of halogens is 2. The highest BCUT2D eigenvalue weighted by atomic mass is 79.9. The molecule has 0 radical (unpaired) electrons. The first-order chi connectivity index (χ1) is 8.42. The molecule has 100 valence electrons. The van der Waals surface area contributed by atoms with Gasteiger partial charge in [0.2, 0.25) is 10.0 Å². The van der Waals surface area contributed by atoms with Gasteiger partial charge >= 0.3 is 0 Å². The van der Waals surface area contributed by atoms with Crippen LogP contribution in [0.25, 0.3) is 0 Å². The summed E-state index contributed by atoms with van der Waals surface area (Å²) < 4.78 is 40.0. The molecule has 7 heteroatoms. The second-order valence-corrected chi connectivity index (χ2v) is 6.99. The lowest BCUT2D eigenvalue weighted by Crippen LogP contribution is -2.38. The van der Waals surface area contributed by atoms with Gasteiger partial charge in [0.25, 0.3) is 0 Å². The third-order valence-electron chi connectivity index (χ3n) is 2.94. The number of nitrogens with two attached hydrogens (primary N) is 1. The van der Waals surface area contributed by atoms with Crippen LogP contribution < -0.4 is 10.5 Å². The van der Waals surface area contributed by atoms with E-state index in [1.165, 1.54) is 18.2 Å². The molecule has 3 N–H and O–H groups in total. The minimum atomic E-state index is -3.85. The molecule has 1 atom stereocenters. The lowest BCUT2D eigenvalue weighted by atomic mass is 10.2. The van der Waals surface area contributed by atoms with E-state index in [2.05, 4.69) is 20.7 Å². The number of sulfonamides is 1. The van der Waals surface area contributed by atoms with Gasteiger partial charge < -0.3 is 5.73 Å². The van der Waals surface area contributed by atoms with Crippen LogP contribution in [-0.2, 0) is 10.0 Å². The van der Waals surface area contributed by atoms with E-state index in [4.69, 9.17) is 5.73 Å². The van der Waals surface area contributed by atoms with Crippen molar-refractivity contribution in [2.45, 2.75) is 23.8 Å². The fraction of sp³-hybridized carbons (Fsp3) is 0.455. The first kappa shape index (κ1) is 13.9. The molecule has 1 aliphatic rings. The van der Waals surface area contributed by atoms with Crippen LogP contribution in [0.15, 0.2) is 27.6 Å². The monoisotopic (exact) mass is 336 g/mol. The van der Waals surface area contributed by atoms with E-state index in [1.807, 2.05) is 0 Å². The Morgan fingerprint density at radius 2 is 2.17 bits per heavy atom. The van der Waals surface area contributed by atoms with Gasteiger partial charge in [0, 0.05) is 12.6 Å². The molecule has 0 aliphatic heterocycles. The molecule has 1 unspecified atom stereocenters. The lowest BCUT2D eigenvalue weighted by molar-refractivity contribution is 0.535. The van der Waals surface area contributed by atoms with Crippen molar-refractivity contribution >= 4 is 26.0 Å². The quantitative estimate of drug-likeness (QED) is 0.857. The number of hydrogen-bond acceptors (Lipinski definition) is 3. The Kier molecular flexibility index (Phi) is 4.05. The van der Waals surface area contributed by atoms with Crippen molar-refractivity contribution in [1.82, 2.24) is 4.72 Å². The second kappa shape index (κ2) is 5.24. The molecular formula is C11H14BrFN2O2S. The van der Waals surface area contributed by atoms with Crippen LogP contribution in [0.1, 0.15) is 12.8 Å². The smallest absolute Gasteiger partial charge is 0.243 e. The summed E-state index contributed by atoms with van der Waals surface area (Å²) in [6, 6.07) is 3.95. The van der Waals surface area contributed by atoms with Crippen LogP contribution in [0.3, 0.4) is 0 Å². The van der Waals surface area contributed by atoms with Gasteiger partial charge in [-0.3, -0.25) is 0 Å². The first-order valence-electron chi connectivity index (χ1n) is 5.61. The zero-order valence-electron chi connectivity index (χ0n) is 9.57. The van der Waals surface area contributed by atoms with E-state index in [9.17, 15) is 12.8 Å². The SMILES string of the molecule is NC(CNS(=O)(=O)c1cccc(Br)c1F)C1CC1. The largest absolute Gasteiger partial charge is 0.326 e. The molecule has 1 aliphatic carbocycles. The predicted molar refractivity (Wildman–Crippen MR) is 70.0 cm³/mol. The third kappa shape index (κ3) is 3.09. The van der Waals surface area contributed by atoms with Gasteiger partial charge in [0.15, 0.2) is 5.82 Å². The second-order valence-electron chi connectivity index (χ2n) is 4.41. The highest BCUT2D eigenvalue weighted by Gasteiger charge is 2.30. The molecule has 1 fully saturated rings. The minimum absolute atomic E-state index is 0.122. The topological polar surface area (TPSA) is 72.2 Å². The van der Waals surface area contributed by atoms with Gasteiger partial charge in [-0.2, -0.15) is 0 Å². The van der Waals surface area contributed by atoms with Gasteiger partial charge in [0.1, 0.15) is 4.90 Å². The first-order valence-corrected chi connectivity index (χ1v) is 7.88. The van der Waals surface area contributed by atoms with Crippen LogP contribution in [0.5, 0.6) is 0 Å². The molecule has 2 rings (SSSR count). The number of hydrogen-bond donors (Lipinski definition) is 2. The summed E-state index contributed by atoms with van der Waals surface area (Å²) in [5, 5.41) is 0. The van der Waals surface area contributed by atoms with E-state index in [-0.39, 0.29) is 22.0 Å². The molecule has 1 aromatic carbocycles. The molecular weight excluding hydrogens is 323 g/mol. The van der Waals surface area contributed by atoms with Crippen LogP contribution in [0.4, 0.5) is 4.39 Å². The Labute approximate surface area is 114 Å². The summed E-state index contributed by atoms with van der Waals surface area (Å²) in [5.74, 6) is -0.398. The zero-order chi connectivity index (χ0) is 13.3. The van der Waals surface area contributed by atoms with Gasteiger partial charge in [-0.15, -0.1) is 0 Å². The predicted octanol–water partition coefficient (Wildman–Crippen LogP) is 1.60. The van der Waals surface area contributed by atoms with Crippen molar-refractivity contribution in [1.29, 1.82) is 0 Å². The minimum Gasteiger partial charge on any atom is -0.326 e. The summed E-state index contributed by atoms with van der Waals surface area (Å²) in [4.78, 5) is -0.361. The molecule has 0 heterocycles. The number of rotatable bonds is 5. The Hall–Kier alpha value is -0.500. The van der Waals surface area contributed by atoms with Crippen molar-refractivity contribution in [3.05, 3.63) is 28.5 Å². The van der Waals surface area contributed by atoms with Crippen molar-refractivity contribution in [3.8, 4) is 0 Å². The van der Waals surface area contributed by atoms with Crippen LogP contribution >= 0.6 is 15.9 Å². The van der Waals surface area contributed by atoms with Crippen molar-refractivity contribution in [3.63, 3.8) is 0 Å². The maximum atomic E-state index is 13.7. The summed E-state index contributed by atoms with van der Waals surface area (Å²) in [6.45, 7) is 0.138. The molecule has 18 heavy (non-hydrogen) atoms. The van der Waals surface area contributed by atoms with Crippen molar-refractivity contribution in [2.75, 3.05) is 6.54 Å². The standard InChI is InChI=1S/C11H14BrFN2O2S/c12-8-2-1-3-10(11(8)13)18(16,17)15-6-9(14)7-4-5-7/h1-3,7,9,15H,4-6,14H2. The average molecular weight is 337 g/mol. The van der Waals surface area contributed by atoms with Gasteiger partial charge in [-0.25, -0.2) is 17.5 Å². The fourth-order valence-electron chi connectivity index (χ4n) is 1.67. The van der Waals surface area contributed by atoms with E-state index < -0.39 is 15.8 Å². The Morgan fingerprint density at radius 1 is 1.50 bits per heavy atom. The summed E-state index contributed by atoms with van der Waals surface area (Å²) >= 11 is 2.96. The molecule has 1 aromatic rings. The van der Waals surface area contributed by atoms with Crippen molar-refractivity contribution in [2.24, 2.45) is 11.7 Å². The lowest BCUT2D eigenvalue weighted by Gasteiger charge is -2.12. The molecule has 0 saturated heterocycles. The van der Waals surface area contributed by atoms with Crippen LogP contribution in [0, 0.1) is 11.7 Å². The van der Waals surface area contributed by atoms with Gasteiger partial charge in [0.05, 0.1) is 4.47 Å². The Bertz CT molecular complexity index is 546. The van der Waals surface area contributed by atoms with Gasteiger partial charge in [-0.05, 0) is 46.8 Å². The number of benzene rings is 1. The summed E-state index contributed by atoms with van der Waals surface area (Å²) in [5.41, 5.74) is 5.80. The van der Waals surface area contributed by atoms with E-state index in [1.54, 1.807) is 0 Å². The van der Waals surface area contributed by atoms with Crippen LogP contribution in [0.2, 0.25) is 0 Å². The maximum Gasteiger partial charge on any atom is 0.243 e. The molecule has 0 spiro atoms.